The van der Waals surface area contributed by atoms with Crippen LogP contribution in [0.25, 0.3) is 0 Å². The van der Waals surface area contributed by atoms with Crippen molar-refractivity contribution in [3.05, 3.63) is 29.6 Å². The van der Waals surface area contributed by atoms with Gasteiger partial charge < -0.3 is 14.7 Å². The number of carbonyl (C=O) groups is 2. The highest BCUT2D eigenvalue weighted by molar-refractivity contribution is 5.81. The summed E-state index contributed by atoms with van der Waals surface area (Å²) in [5, 5.41) is 9.50. The molecule has 1 saturated heterocycles. The lowest BCUT2D eigenvalue weighted by Gasteiger charge is -2.36. The Morgan fingerprint density at radius 3 is 2.71 bits per heavy atom. The largest absolute Gasteiger partial charge is 0.496 e. The molecule has 1 aliphatic rings. The van der Waals surface area contributed by atoms with E-state index in [1.165, 1.54) is 29.0 Å². The summed E-state index contributed by atoms with van der Waals surface area (Å²) in [6.07, 6.45) is 0. The van der Waals surface area contributed by atoms with Crippen LogP contribution >= 0.6 is 0 Å². The minimum absolute atomic E-state index is 0.0207. The number of carbonyl (C=O) groups excluding carboxylic acids is 1. The average molecular weight is 296 g/mol. The van der Waals surface area contributed by atoms with Crippen molar-refractivity contribution in [2.24, 2.45) is 0 Å². The fraction of sp³-hybridized carbons (Fsp3) is 0.429. The van der Waals surface area contributed by atoms with Crippen LogP contribution in [0.1, 0.15) is 11.6 Å². The maximum absolute atomic E-state index is 13.5. The molecule has 1 amide bonds. The lowest BCUT2D eigenvalue weighted by atomic mass is 10.0. The molecule has 0 radical (unpaired) electrons. The Balaban J connectivity index is 2.38. The van der Waals surface area contributed by atoms with E-state index in [1.807, 2.05) is 0 Å². The number of carboxylic acid groups (broad SMARTS) is 1. The standard InChI is InChI=1S/C14H17FN2O4/c1-16-5-6-17(8-12(16)18)13(14(19)20)10-7-9(15)3-4-11(10)21-2/h3-4,7,13H,5-6,8H2,1-2H3,(H,19,20). The highest BCUT2D eigenvalue weighted by Crippen LogP contribution is 2.31. The van der Waals surface area contributed by atoms with Gasteiger partial charge in [-0.3, -0.25) is 14.5 Å². The predicted octanol–water partition coefficient (Wildman–Crippen LogP) is 0.734. The second kappa shape index (κ2) is 6.09. The van der Waals surface area contributed by atoms with Crippen molar-refractivity contribution in [1.29, 1.82) is 0 Å². The van der Waals surface area contributed by atoms with Crippen molar-refractivity contribution in [2.45, 2.75) is 6.04 Å². The van der Waals surface area contributed by atoms with E-state index in [4.69, 9.17) is 4.74 Å². The third kappa shape index (κ3) is 3.13. The van der Waals surface area contributed by atoms with Gasteiger partial charge in [0.25, 0.3) is 0 Å². The van der Waals surface area contributed by atoms with Crippen molar-refractivity contribution in [3.63, 3.8) is 0 Å². The lowest BCUT2D eigenvalue weighted by molar-refractivity contribution is -0.147. The summed E-state index contributed by atoms with van der Waals surface area (Å²) in [7, 11) is 3.06. The van der Waals surface area contributed by atoms with Crippen LogP contribution in [0.3, 0.4) is 0 Å². The molecule has 1 aromatic rings. The maximum atomic E-state index is 13.5. The maximum Gasteiger partial charge on any atom is 0.325 e. The van der Waals surface area contributed by atoms with Crippen LogP contribution in [0.4, 0.5) is 4.39 Å². The molecule has 1 heterocycles. The van der Waals surface area contributed by atoms with Gasteiger partial charge in [-0.25, -0.2) is 4.39 Å². The molecule has 0 aliphatic carbocycles. The summed E-state index contributed by atoms with van der Waals surface area (Å²) in [5.74, 6) is -1.56. The first-order valence-corrected chi connectivity index (χ1v) is 6.48. The molecule has 1 aliphatic heterocycles. The topological polar surface area (TPSA) is 70.1 Å². The van der Waals surface area contributed by atoms with Crippen LogP contribution in [-0.4, -0.2) is 60.6 Å². The van der Waals surface area contributed by atoms with Gasteiger partial charge in [0.05, 0.1) is 13.7 Å². The van der Waals surface area contributed by atoms with Crippen LogP contribution in [0.2, 0.25) is 0 Å². The Morgan fingerprint density at radius 2 is 2.14 bits per heavy atom. The Labute approximate surface area is 121 Å². The number of rotatable bonds is 4. The molecule has 1 atom stereocenters. The molecule has 1 unspecified atom stereocenters. The number of amides is 1. The van der Waals surface area contributed by atoms with E-state index < -0.39 is 17.8 Å². The third-order valence-electron chi connectivity index (χ3n) is 3.57. The van der Waals surface area contributed by atoms with E-state index >= 15 is 0 Å². The van der Waals surface area contributed by atoms with Crippen LogP contribution in [0, 0.1) is 5.82 Å². The number of benzene rings is 1. The zero-order chi connectivity index (χ0) is 15.6. The van der Waals surface area contributed by atoms with Crippen LogP contribution in [0.15, 0.2) is 18.2 Å². The Hall–Kier alpha value is -2.15. The van der Waals surface area contributed by atoms with Crippen LogP contribution in [0.5, 0.6) is 5.75 Å². The molecule has 21 heavy (non-hydrogen) atoms. The normalized spacial score (nSPS) is 17.7. The Bertz CT molecular complexity index is 564. The van der Waals surface area contributed by atoms with E-state index in [0.717, 1.165) is 6.07 Å². The molecule has 0 spiro atoms. The molecule has 0 saturated carbocycles. The fourth-order valence-electron chi connectivity index (χ4n) is 2.40. The third-order valence-corrected chi connectivity index (χ3v) is 3.57. The summed E-state index contributed by atoms with van der Waals surface area (Å²) in [4.78, 5) is 26.4. The molecular weight excluding hydrogens is 279 g/mol. The number of nitrogens with zero attached hydrogens (tertiary/aromatic N) is 2. The molecule has 6 nitrogen and oxygen atoms in total. The van der Waals surface area contributed by atoms with Crippen molar-refractivity contribution in [2.75, 3.05) is 33.8 Å². The SMILES string of the molecule is COc1ccc(F)cc1C(C(=O)O)N1CCN(C)C(=O)C1. The molecular formula is C14H17FN2O4. The number of carboxylic acids is 1. The minimum atomic E-state index is -1.14. The molecule has 1 fully saturated rings. The van der Waals surface area contributed by atoms with Gasteiger partial charge in [0, 0.05) is 25.7 Å². The van der Waals surface area contributed by atoms with E-state index in [2.05, 4.69) is 0 Å². The minimum Gasteiger partial charge on any atom is -0.496 e. The quantitative estimate of drug-likeness (QED) is 0.887. The number of hydrogen-bond acceptors (Lipinski definition) is 4. The smallest absolute Gasteiger partial charge is 0.325 e. The molecule has 1 aromatic carbocycles. The van der Waals surface area contributed by atoms with Gasteiger partial charge in [0.1, 0.15) is 17.6 Å². The number of ether oxygens (including phenoxy) is 1. The van der Waals surface area contributed by atoms with Crippen LogP contribution < -0.4 is 4.74 Å². The molecule has 2 rings (SSSR count). The number of methoxy groups -OCH3 is 1. The number of likely N-dealkylation sites (N-methyl/N-ethyl adjacent to an activating group) is 1. The van der Waals surface area contributed by atoms with Gasteiger partial charge in [-0.1, -0.05) is 0 Å². The predicted molar refractivity (Wildman–Crippen MR) is 72.5 cm³/mol. The first-order valence-electron chi connectivity index (χ1n) is 6.48. The van der Waals surface area contributed by atoms with Crippen molar-refractivity contribution < 1.29 is 23.8 Å². The molecule has 0 bridgehead atoms. The van der Waals surface area contributed by atoms with E-state index in [-0.39, 0.29) is 23.8 Å². The van der Waals surface area contributed by atoms with Gasteiger partial charge in [-0.15, -0.1) is 0 Å². The summed E-state index contributed by atoms with van der Waals surface area (Å²) < 4.78 is 18.6. The summed E-state index contributed by atoms with van der Waals surface area (Å²) in [6.45, 7) is 0.812. The second-order valence-corrected chi connectivity index (χ2v) is 4.91. The Morgan fingerprint density at radius 1 is 1.43 bits per heavy atom. The fourth-order valence-corrected chi connectivity index (χ4v) is 2.40. The molecule has 7 heteroatoms. The van der Waals surface area contributed by atoms with E-state index in [1.54, 1.807) is 7.05 Å². The van der Waals surface area contributed by atoms with Crippen molar-refractivity contribution in [3.8, 4) is 5.75 Å². The number of aliphatic carboxylic acids is 1. The van der Waals surface area contributed by atoms with Gasteiger partial charge in [0.2, 0.25) is 5.91 Å². The number of halogens is 1. The number of hydrogen-bond donors (Lipinski definition) is 1. The summed E-state index contributed by atoms with van der Waals surface area (Å²) in [5.41, 5.74) is 0.211. The summed E-state index contributed by atoms with van der Waals surface area (Å²) >= 11 is 0. The van der Waals surface area contributed by atoms with Crippen LogP contribution in [-0.2, 0) is 9.59 Å². The highest BCUT2D eigenvalue weighted by Gasteiger charge is 2.34. The van der Waals surface area contributed by atoms with E-state index in [0.29, 0.717) is 13.1 Å². The Kier molecular flexibility index (Phi) is 4.42. The first-order chi connectivity index (χ1) is 9.93. The van der Waals surface area contributed by atoms with Gasteiger partial charge in [-0.05, 0) is 18.2 Å². The van der Waals surface area contributed by atoms with Crippen molar-refractivity contribution >= 4 is 11.9 Å². The van der Waals surface area contributed by atoms with Gasteiger partial charge in [-0.2, -0.15) is 0 Å². The molecule has 1 N–H and O–H groups in total. The second-order valence-electron chi connectivity index (χ2n) is 4.91. The average Bonchev–Trinajstić information content (AvgIpc) is 2.43. The molecule has 114 valence electrons. The summed E-state index contributed by atoms with van der Waals surface area (Å²) in [6, 6.07) is 2.61. The zero-order valence-electron chi connectivity index (χ0n) is 11.9. The number of piperazine rings is 1. The highest BCUT2D eigenvalue weighted by atomic mass is 19.1. The van der Waals surface area contributed by atoms with E-state index in [9.17, 15) is 19.1 Å². The van der Waals surface area contributed by atoms with Crippen molar-refractivity contribution in [1.82, 2.24) is 9.80 Å². The lowest BCUT2D eigenvalue weighted by Crippen LogP contribution is -2.51. The molecule has 0 aromatic heterocycles. The zero-order valence-corrected chi connectivity index (χ0v) is 11.9. The van der Waals surface area contributed by atoms with Gasteiger partial charge in [0.15, 0.2) is 0 Å². The first kappa shape index (κ1) is 15.2. The van der Waals surface area contributed by atoms with Gasteiger partial charge >= 0.3 is 5.97 Å². The monoisotopic (exact) mass is 296 g/mol.